The van der Waals surface area contributed by atoms with Crippen molar-refractivity contribution < 1.29 is 9.90 Å². The highest BCUT2D eigenvalue weighted by molar-refractivity contribution is 5.93. The number of amides is 1. The Morgan fingerprint density at radius 2 is 2.00 bits per heavy atom. The summed E-state index contributed by atoms with van der Waals surface area (Å²) in [6.45, 7) is 3.60. The molecule has 0 radical (unpaired) electrons. The molecule has 0 unspecified atom stereocenters. The molecule has 1 amide bonds. The molecule has 1 aliphatic heterocycles. The molecular formula is C15H22N2O3. The Kier molecular flexibility index (Phi) is 4.28. The fraction of sp³-hybridized carbons (Fsp3) is 0.600. The van der Waals surface area contributed by atoms with Gasteiger partial charge in [-0.25, -0.2) is 0 Å². The molecule has 20 heavy (non-hydrogen) atoms. The van der Waals surface area contributed by atoms with Crippen molar-refractivity contribution in [1.82, 2.24) is 9.47 Å². The van der Waals surface area contributed by atoms with Crippen molar-refractivity contribution in [3.05, 3.63) is 34.2 Å². The topological polar surface area (TPSA) is 62.5 Å². The third-order valence-corrected chi connectivity index (χ3v) is 4.53. The van der Waals surface area contributed by atoms with Gasteiger partial charge in [0.05, 0.1) is 5.56 Å². The first-order chi connectivity index (χ1) is 9.51. The van der Waals surface area contributed by atoms with Crippen LogP contribution in [0.2, 0.25) is 0 Å². The summed E-state index contributed by atoms with van der Waals surface area (Å²) in [7, 11) is 1.64. The zero-order valence-electron chi connectivity index (χ0n) is 12.1. The Hall–Kier alpha value is -1.62. The lowest BCUT2D eigenvalue weighted by Crippen LogP contribution is -2.44. The maximum Gasteiger partial charge on any atom is 0.255 e. The molecule has 2 rings (SSSR count). The van der Waals surface area contributed by atoms with E-state index < -0.39 is 0 Å². The number of aryl methyl sites for hydroxylation is 1. The molecule has 110 valence electrons. The standard InChI is InChI=1S/C15H22N2O3/c1-3-15(11-18)6-8-17(9-7-15)14(20)12-4-5-13(19)16(2)10-12/h4-5,10,18H,3,6-9,11H2,1-2H3. The van der Waals surface area contributed by atoms with Crippen LogP contribution in [0.25, 0.3) is 0 Å². The van der Waals surface area contributed by atoms with E-state index in [4.69, 9.17) is 0 Å². The predicted octanol–water partition coefficient (Wildman–Crippen LogP) is 1.01. The molecule has 5 heteroatoms. The highest BCUT2D eigenvalue weighted by Gasteiger charge is 2.34. The second-order valence-electron chi connectivity index (χ2n) is 5.67. The fourth-order valence-electron chi connectivity index (χ4n) is 2.71. The van der Waals surface area contributed by atoms with Crippen molar-refractivity contribution in [3.63, 3.8) is 0 Å². The fourth-order valence-corrected chi connectivity index (χ4v) is 2.71. The van der Waals surface area contributed by atoms with Gasteiger partial charge in [-0.3, -0.25) is 9.59 Å². The molecule has 1 aliphatic rings. The Labute approximate surface area is 118 Å². The number of rotatable bonds is 3. The van der Waals surface area contributed by atoms with Crippen LogP contribution in [0.3, 0.4) is 0 Å². The van der Waals surface area contributed by atoms with Gasteiger partial charge in [-0.15, -0.1) is 0 Å². The van der Waals surface area contributed by atoms with Gasteiger partial charge in [-0.1, -0.05) is 6.92 Å². The smallest absolute Gasteiger partial charge is 0.255 e. The van der Waals surface area contributed by atoms with Crippen molar-refractivity contribution in [3.8, 4) is 0 Å². The molecule has 2 heterocycles. The van der Waals surface area contributed by atoms with Gasteiger partial charge in [-0.2, -0.15) is 0 Å². The molecule has 0 spiro atoms. The van der Waals surface area contributed by atoms with Gasteiger partial charge in [0.25, 0.3) is 5.91 Å². The van der Waals surface area contributed by atoms with Crippen molar-refractivity contribution in [1.29, 1.82) is 0 Å². The number of nitrogens with zero attached hydrogens (tertiary/aromatic N) is 2. The highest BCUT2D eigenvalue weighted by Crippen LogP contribution is 2.34. The van der Waals surface area contributed by atoms with Crippen molar-refractivity contribution in [2.45, 2.75) is 26.2 Å². The molecule has 1 aromatic heterocycles. The molecule has 5 nitrogen and oxygen atoms in total. The zero-order valence-corrected chi connectivity index (χ0v) is 12.1. The van der Waals surface area contributed by atoms with Crippen molar-refractivity contribution in [2.75, 3.05) is 19.7 Å². The number of aromatic nitrogens is 1. The minimum Gasteiger partial charge on any atom is -0.396 e. The van der Waals surface area contributed by atoms with E-state index in [1.165, 1.54) is 10.6 Å². The molecule has 1 saturated heterocycles. The molecule has 1 aromatic rings. The van der Waals surface area contributed by atoms with Gasteiger partial charge in [0.2, 0.25) is 5.56 Å². The molecule has 0 aliphatic carbocycles. The predicted molar refractivity (Wildman–Crippen MR) is 76.6 cm³/mol. The van der Waals surface area contributed by atoms with Gasteiger partial charge < -0.3 is 14.6 Å². The summed E-state index contributed by atoms with van der Waals surface area (Å²) in [5.41, 5.74) is 0.394. The van der Waals surface area contributed by atoms with Crippen LogP contribution in [0.15, 0.2) is 23.1 Å². The van der Waals surface area contributed by atoms with Crippen LogP contribution in [0.1, 0.15) is 36.5 Å². The van der Waals surface area contributed by atoms with E-state index in [1.807, 2.05) is 4.90 Å². The van der Waals surface area contributed by atoms with Gasteiger partial charge in [0, 0.05) is 39.0 Å². The van der Waals surface area contributed by atoms with Crippen LogP contribution in [0, 0.1) is 5.41 Å². The third-order valence-electron chi connectivity index (χ3n) is 4.53. The first kappa shape index (κ1) is 14.8. The number of aliphatic hydroxyl groups is 1. The molecule has 1 N–H and O–H groups in total. The number of carbonyl (C=O) groups excluding carboxylic acids is 1. The second-order valence-corrected chi connectivity index (χ2v) is 5.67. The zero-order chi connectivity index (χ0) is 14.8. The van der Waals surface area contributed by atoms with Gasteiger partial charge >= 0.3 is 0 Å². The summed E-state index contributed by atoms with van der Waals surface area (Å²) < 4.78 is 1.42. The summed E-state index contributed by atoms with van der Waals surface area (Å²) in [5.74, 6) is -0.0387. The van der Waals surface area contributed by atoms with Gasteiger partial charge in [-0.05, 0) is 30.7 Å². The van der Waals surface area contributed by atoms with Gasteiger partial charge in [0.1, 0.15) is 0 Å². The summed E-state index contributed by atoms with van der Waals surface area (Å²) in [6, 6.07) is 3.00. The van der Waals surface area contributed by atoms with Crippen LogP contribution in [-0.2, 0) is 7.05 Å². The average Bonchev–Trinajstić information content (AvgIpc) is 2.49. The van der Waals surface area contributed by atoms with E-state index in [0.29, 0.717) is 18.7 Å². The number of carbonyl (C=O) groups is 1. The first-order valence-corrected chi connectivity index (χ1v) is 7.08. The Morgan fingerprint density at radius 1 is 1.35 bits per heavy atom. The SMILES string of the molecule is CCC1(CO)CCN(C(=O)c2ccc(=O)n(C)c2)CC1. The molecule has 0 bridgehead atoms. The Morgan fingerprint density at radius 3 is 2.50 bits per heavy atom. The minimum absolute atomic E-state index is 0.0275. The van der Waals surface area contributed by atoms with Crippen LogP contribution in [0.5, 0.6) is 0 Å². The normalized spacial score (nSPS) is 18.1. The Bertz CT molecular complexity index is 536. The molecular weight excluding hydrogens is 256 g/mol. The van der Waals surface area contributed by atoms with Crippen LogP contribution in [-0.4, -0.2) is 40.2 Å². The van der Waals surface area contributed by atoms with Crippen molar-refractivity contribution >= 4 is 5.91 Å². The molecule has 0 aromatic carbocycles. The summed E-state index contributed by atoms with van der Waals surface area (Å²) in [4.78, 5) is 25.6. The van der Waals surface area contributed by atoms with E-state index in [1.54, 1.807) is 19.3 Å². The monoisotopic (exact) mass is 278 g/mol. The lowest BCUT2D eigenvalue weighted by Gasteiger charge is -2.40. The van der Waals surface area contributed by atoms with E-state index in [2.05, 4.69) is 6.92 Å². The third kappa shape index (κ3) is 2.77. The molecule has 0 atom stereocenters. The lowest BCUT2D eigenvalue weighted by atomic mass is 9.77. The van der Waals surface area contributed by atoms with E-state index in [-0.39, 0.29) is 23.5 Å². The average molecular weight is 278 g/mol. The molecule has 0 saturated carbocycles. The maximum absolute atomic E-state index is 12.4. The number of piperidine rings is 1. The van der Waals surface area contributed by atoms with E-state index >= 15 is 0 Å². The largest absolute Gasteiger partial charge is 0.396 e. The number of likely N-dealkylation sites (tertiary alicyclic amines) is 1. The quantitative estimate of drug-likeness (QED) is 0.897. The van der Waals surface area contributed by atoms with Crippen LogP contribution < -0.4 is 5.56 Å². The molecule has 1 fully saturated rings. The van der Waals surface area contributed by atoms with Crippen molar-refractivity contribution in [2.24, 2.45) is 12.5 Å². The maximum atomic E-state index is 12.4. The van der Waals surface area contributed by atoms with Crippen LogP contribution >= 0.6 is 0 Å². The Balaban J connectivity index is 2.08. The highest BCUT2D eigenvalue weighted by atomic mass is 16.3. The van der Waals surface area contributed by atoms with E-state index in [0.717, 1.165) is 19.3 Å². The number of pyridine rings is 1. The number of hydrogen-bond acceptors (Lipinski definition) is 3. The number of hydrogen-bond donors (Lipinski definition) is 1. The summed E-state index contributed by atoms with van der Waals surface area (Å²) >= 11 is 0. The summed E-state index contributed by atoms with van der Waals surface area (Å²) in [6.07, 6.45) is 4.18. The number of aliphatic hydroxyl groups excluding tert-OH is 1. The minimum atomic E-state index is -0.120. The first-order valence-electron chi connectivity index (χ1n) is 7.08. The summed E-state index contributed by atoms with van der Waals surface area (Å²) in [5, 5.41) is 9.51. The second kappa shape index (κ2) is 5.79. The van der Waals surface area contributed by atoms with Gasteiger partial charge in [0.15, 0.2) is 0 Å². The lowest BCUT2D eigenvalue weighted by molar-refractivity contribution is 0.0337. The van der Waals surface area contributed by atoms with Crippen LogP contribution in [0.4, 0.5) is 0 Å². The van der Waals surface area contributed by atoms with E-state index in [9.17, 15) is 14.7 Å².